The number of carbonyl (C=O) groups excluding carboxylic acids is 2. The third-order valence-electron chi connectivity index (χ3n) is 7.47. The van der Waals surface area contributed by atoms with Crippen LogP contribution < -0.4 is 4.74 Å². The first kappa shape index (κ1) is 33.9. The van der Waals surface area contributed by atoms with E-state index in [1.165, 1.54) is 68.4 Å². The number of alkyl halides is 3. The molecule has 0 saturated carbocycles. The van der Waals surface area contributed by atoms with Gasteiger partial charge in [0.25, 0.3) is 0 Å². The Morgan fingerprint density at radius 3 is 1.86 bits per heavy atom. The van der Waals surface area contributed by atoms with Gasteiger partial charge >= 0.3 is 18.1 Å². The topological polar surface area (TPSA) is 52.6 Å². The molecule has 0 heterocycles. The Kier molecular flexibility index (Phi) is 13.8. The Morgan fingerprint density at radius 2 is 1.23 bits per heavy atom. The molecule has 0 radical (unpaired) electrons. The van der Waals surface area contributed by atoms with Gasteiger partial charge in [-0.25, -0.2) is 9.59 Å². The average Bonchev–Trinajstić information content (AvgIpc) is 3.00. The summed E-state index contributed by atoms with van der Waals surface area (Å²) in [5.74, 6) is -2.07. The van der Waals surface area contributed by atoms with Gasteiger partial charge in [0.2, 0.25) is 0 Å². The Bertz CT molecular complexity index is 1270. The van der Waals surface area contributed by atoms with Crippen molar-refractivity contribution in [3.8, 4) is 16.9 Å². The van der Waals surface area contributed by atoms with Crippen molar-refractivity contribution in [2.45, 2.75) is 103 Å². The van der Waals surface area contributed by atoms with E-state index >= 15 is 0 Å². The van der Waals surface area contributed by atoms with E-state index in [9.17, 15) is 22.8 Å². The fraction of sp³-hybridized carbons (Fsp3) is 0.444. The summed E-state index contributed by atoms with van der Waals surface area (Å²) in [5.41, 5.74) is 3.26. The molecule has 4 nitrogen and oxygen atoms in total. The van der Waals surface area contributed by atoms with Crippen molar-refractivity contribution in [1.82, 2.24) is 0 Å². The molecule has 0 aromatic heterocycles. The van der Waals surface area contributed by atoms with E-state index in [2.05, 4.69) is 31.2 Å². The second-order valence-corrected chi connectivity index (χ2v) is 11.0. The summed E-state index contributed by atoms with van der Waals surface area (Å²) < 4.78 is 51.0. The zero-order valence-corrected chi connectivity index (χ0v) is 25.3. The Hall–Kier alpha value is -3.61. The lowest BCUT2D eigenvalue weighted by Gasteiger charge is -2.21. The monoisotopic (exact) mass is 596 g/mol. The summed E-state index contributed by atoms with van der Waals surface area (Å²) in [6.45, 7) is 4.18. The number of hydrogen-bond donors (Lipinski definition) is 0. The van der Waals surface area contributed by atoms with Gasteiger partial charge in [0.15, 0.2) is 6.10 Å². The molecule has 0 aliphatic rings. The smallest absolute Gasteiger partial charge is 0.425 e. The quantitative estimate of drug-likeness (QED) is 0.0884. The maximum atomic E-state index is 13.5. The average molecular weight is 597 g/mol. The number of aryl methyl sites for hydroxylation is 1. The van der Waals surface area contributed by atoms with Crippen molar-refractivity contribution in [3.05, 3.63) is 89.5 Å². The van der Waals surface area contributed by atoms with Crippen LogP contribution >= 0.6 is 0 Å². The number of esters is 2. The standard InChI is InChI=1S/C36H43F3O4/c1-3-5-7-9-10-11-15-27-19-21-28(22-20-27)29-23-25-30(26-24-29)34(40)42-32-17-14-13-16-31(32)35(41)43-33(36(37,38)39)18-12-8-6-4-2/h13-14,16-17,19-26,33H,3-12,15,18H2,1-2H3/t33-/m0/s1. The summed E-state index contributed by atoms with van der Waals surface area (Å²) in [7, 11) is 0. The third-order valence-corrected chi connectivity index (χ3v) is 7.47. The lowest BCUT2D eigenvalue weighted by molar-refractivity contribution is -0.206. The first-order valence-corrected chi connectivity index (χ1v) is 15.5. The Balaban J connectivity index is 1.60. The fourth-order valence-corrected chi connectivity index (χ4v) is 4.89. The van der Waals surface area contributed by atoms with Crippen molar-refractivity contribution in [3.63, 3.8) is 0 Å². The normalized spacial score (nSPS) is 12.1. The van der Waals surface area contributed by atoms with Crippen LogP contribution in [0.15, 0.2) is 72.8 Å². The van der Waals surface area contributed by atoms with E-state index in [-0.39, 0.29) is 23.3 Å². The molecule has 0 spiro atoms. The van der Waals surface area contributed by atoms with Gasteiger partial charge in [-0.15, -0.1) is 0 Å². The van der Waals surface area contributed by atoms with Crippen molar-refractivity contribution in [2.24, 2.45) is 0 Å². The van der Waals surface area contributed by atoms with Gasteiger partial charge in [-0.3, -0.25) is 0 Å². The predicted octanol–water partition coefficient (Wildman–Crippen LogP) is 10.5. The van der Waals surface area contributed by atoms with Crippen LogP contribution in [0.3, 0.4) is 0 Å². The van der Waals surface area contributed by atoms with Gasteiger partial charge in [0.1, 0.15) is 11.3 Å². The van der Waals surface area contributed by atoms with Crippen LogP contribution in [0.5, 0.6) is 5.75 Å². The van der Waals surface area contributed by atoms with Crippen LogP contribution in [0.4, 0.5) is 13.2 Å². The van der Waals surface area contributed by atoms with Crippen LogP contribution in [0.1, 0.15) is 111 Å². The molecule has 232 valence electrons. The minimum Gasteiger partial charge on any atom is -0.449 e. The molecule has 0 unspecified atom stereocenters. The fourth-order valence-electron chi connectivity index (χ4n) is 4.89. The zero-order chi connectivity index (χ0) is 31.1. The molecular weight excluding hydrogens is 553 g/mol. The van der Waals surface area contributed by atoms with Crippen LogP contribution in [-0.2, 0) is 11.2 Å². The summed E-state index contributed by atoms with van der Waals surface area (Å²) in [6.07, 6.45) is 4.01. The van der Waals surface area contributed by atoms with Gasteiger partial charge in [-0.05, 0) is 66.6 Å². The van der Waals surface area contributed by atoms with E-state index in [1.807, 2.05) is 19.1 Å². The van der Waals surface area contributed by atoms with E-state index in [0.717, 1.165) is 30.4 Å². The molecule has 3 aromatic carbocycles. The molecule has 0 amide bonds. The number of rotatable bonds is 17. The highest BCUT2D eigenvalue weighted by molar-refractivity contribution is 5.96. The molecule has 0 bridgehead atoms. The highest BCUT2D eigenvalue weighted by atomic mass is 19.4. The molecule has 3 aromatic rings. The summed E-state index contributed by atoms with van der Waals surface area (Å²) in [5, 5.41) is 0. The predicted molar refractivity (Wildman–Crippen MR) is 164 cm³/mol. The lowest BCUT2D eigenvalue weighted by Crippen LogP contribution is -2.34. The number of hydrogen-bond acceptors (Lipinski definition) is 4. The molecule has 0 fully saturated rings. The van der Waals surface area contributed by atoms with Gasteiger partial charge in [0, 0.05) is 0 Å². The second-order valence-electron chi connectivity index (χ2n) is 11.0. The largest absolute Gasteiger partial charge is 0.449 e. The molecule has 0 N–H and O–H groups in total. The molecule has 1 atom stereocenters. The van der Waals surface area contributed by atoms with Crippen LogP contribution in [0, 0.1) is 0 Å². The Morgan fingerprint density at radius 1 is 0.674 bits per heavy atom. The number of carbonyl (C=O) groups is 2. The maximum Gasteiger partial charge on any atom is 0.425 e. The molecule has 0 saturated heterocycles. The van der Waals surface area contributed by atoms with Gasteiger partial charge in [-0.1, -0.05) is 114 Å². The lowest BCUT2D eigenvalue weighted by atomic mass is 10.00. The number of para-hydroxylation sites is 1. The summed E-state index contributed by atoms with van der Waals surface area (Å²) in [6, 6.07) is 20.9. The first-order chi connectivity index (χ1) is 20.7. The zero-order valence-electron chi connectivity index (χ0n) is 25.3. The molecule has 0 aliphatic carbocycles. The minimum atomic E-state index is -4.69. The van der Waals surface area contributed by atoms with Crippen LogP contribution in [0.25, 0.3) is 11.1 Å². The molecular formula is C36H43F3O4. The van der Waals surface area contributed by atoms with Crippen molar-refractivity contribution in [1.29, 1.82) is 0 Å². The van der Waals surface area contributed by atoms with Gasteiger partial charge in [0.05, 0.1) is 5.56 Å². The van der Waals surface area contributed by atoms with Crippen molar-refractivity contribution < 1.29 is 32.2 Å². The van der Waals surface area contributed by atoms with Gasteiger partial charge in [-0.2, -0.15) is 13.2 Å². The van der Waals surface area contributed by atoms with E-state index < -0.39 is 24.2 Å². The molecule has 7 heteroatoms. The molecule has 0 aliphatic heterocycles. The number of benzene rings is 3. The summed E-state index contributed by atoms with van der Waals surface area (Å²) in [4.78, 5) is 25.6. The van der Waals surface area contributed by atoms with Crippen LogP contribution in [-0.4, -0.2) is 24.2 Å². The SMILES string of the molecule is CCCCCCCCc1ccc(-c2ccc(C(=O)Oc3ccccc3C(=O)O[C@@H](CCCCCC)C(F)(F)F)cc2)cc1. The Labute approximate surface area is 253 Å². The summed E-state index contributed by atoms with van der Waals surface area (Å²) >= 11 is 0. The van der Waals surface area contributed by atoms with Crippen LogP contribution in [0.2, 0.25) is 0 Å². The maximum absolute atomic E-state index is 13.5. The van der Waals surface area contributed by atoms with Crippen molar-refractivity contribution >= 4 is 11.9 Å². The highest BCUT2D eigenvalue weighted by Crippen LogP contribution is 2.30. The molecule has 3 rings (SSSR count). The van der Waals surface area contributed by atoms with E-state index in [1.54, 1.807) is 12.1 Å². The molecule has 43 heavy (non-hydrogen) atoms. The van der Waals surface area contributed by atoms with E-state index in [4.69, 9.17) is 9.47 Å². The first-order valence-electron chi connectivity index (χ1n) is 15.5. The van der Waals surface area contributed by atoms with E-state index in [0.29, 0.717) is 12.8 Å². The van der Waals surface area contributed by atoms with Gasteiger partial charge < -0.3 is 9.47 Å². The number of unbranched alkanes of at least 4 members (excludes halogenated alkanes) is 8. The highest BCUT2D eigenvalue weighted by Gasteiger charge is 2.42. The third kappa shape index (κ3) is 11.2. The second kappa shape index (κ2) is 17.5. The number of ether oxygens (including phenoxy) is 2. The minimum absolute atomic E-state index is 0.158. The number of halogens is 3. The van der Waals surface area contributed by atoms with Crippen molar-refractivity contribution in [2.75, 3.05) is 0 Å².